The summed E-state index contributed by atoms with van der Waals surface area (Å²) in [6.07, 6.45) is 4.54. The van der Waals surface area contributed by atoms with E-state index in [2.05, 4.69) is 9.84 Å². The maximum atomic E-state index is 13.1. The average molecular weight is 415 g/mol. The number of esters is 1. The molecular formula is C20H21N3O5S. The van der Waals surface area contributed by atoms with Crippen LogP contribution in [0.2, 0.25) is 0 Å². The predicted octanol–water partition coefficient (Wildman–Crippen LogP) is 2.59. The Kier molecular flexibility index (Phi) is 5.60. The third kappa shape index (κ3) is 3.81. The molecule has 1 heterocycles. The van der Waals surface area contributed by atoms with Gasteiger partial charge in [0.25, 0.3) is 10.0 Å². The molecule has 2 aromatic carbocycles. The van der Waals surface area contributed by atoms with Crippen LogP contribution in [0.5, 0.6) is 5.75 Å². The summed E-state index contributed by atoms with van der Waals surface area (Å²) in [4.78, 5) is 11.6. The van der Waals surface area contributed by atoms with Gasteiger partial charge in [-0.1, -0.05) is 6.07 Å². The van der Waals surface area contributed by atoms with Crippen molar-refractivity contribution >= 4 is 38.7 Å². The topological polar surface area (TPSA) is 90.7 Å². The predicted molar refractivity (Wildman–Crippen MR) is 110 cm³/mol. The van der Waals surface area contributed by atoms with Gasteiger partial charge in [0.05, 0.1) is 36.5 Å². The third-order valence-corrected chi connectivity index (χ3v) is 6.36. The Morgan fingerprint density at radius 2 is 1.83 bits per heavy atom. The molecule has 9 heteroatoms. The van der Waals surface area contributed by atoms with Gasteiger partial charge in [0.1, 0.15) is 5.75 Å². The summed E-state index contributed by atoms with van der Waals surface area (Å²) < 4.78 is 38.8. The number of aromatic nitrogens is 2. The molecule has 0 N–H and O–H groups in total. The fourth-order valence-corrected chi connectivity index (χ4v) is 4.15. The van der Waals surface area contributed by atoms with Crippen LogP contribution in [0, 0.1) is 0 Å². The zero-order chi connectivity index (χ0) is 21.2. The van der Waals surface area contributed by atoms with E-state index in [0.29, 0.717) is 22.3 Å². The highest BCUT2D eigenvalue weighted by atomic mass is 32.2. The maximum absolute atomic E-state index is 13.1. The van der Waals surface area contributed by atoms with Gasteiger partial charge in [-0.2, -0.15) is 5.10 Å². The van der Waals surface area contributed by atoms with Crippen LogP contribution in [0.3, 0.4) is 0 Å². The number of hydrogen-bond donors (Lipinski definition) is 0. The third-order valence-electron chi connectivity index (χ3n) is 4.57. The fraction of sp³-hybridized carbons (Fsp3) is 0.200. The van der Waals surface area contributed by atoms with Crippen molar-refractivity contribution < 1.29 is 22.7 Å². The lowest BCUT2D eigenvalue weighted by atomic mass is 10.1. The van der Waals surface area contributed by atoms with E-state index < -0.39 is 16.0 Å². The summed E-state index contributed by atoms with van der Waals surface area (Å²) in [6.45, 7) is 0. The lowest BCUT2D eigenvalue weighted by Crippen LogP contribution is -2.27. The molecule has 0 fully saturated rings. The lowest BCUT2D eigenvalue weighted by Gasteiger charge is -2.21. The van der Waals surface area contributed by atoms with Gasteiger partial charge in [-0.25, -0.2) is 13.2 Å². The van der Waals surface area contributed by atoms with Crippen molar-refractivity contribution in [2.24, 2.45) is 7.05 Å². The molecule has 0 unspecified atom stereocenters. The second kappa shape index (κ2) is 7.96. The number of anilines is 1. The van der Waals surface area contributed by atoms with Crippen LogP contribution in [0.25, 0.3) is 17.0 Å². The van der Waals surface area contributed by atoms with Crippen LogP contribution >= 0.6 is 0 Å². The van der Waals surface area contributed by atoms with Crippen molar-refractivity contribution in [1.29, 1.82) is 0 Å². The monoisotopic (exact) mass is 415 g/mol. The molecule has 0 spiro atoms. The van der Waals surface area contributed by atoms with Crippen LogP contribution in [0.1, 0.15) is 5.56 Å². The van der Waals surface area contributed by atoms with Gasteiger partial charge in [0.2, 0.25) is 0 Å². The van der Waals surface area contributed by atoms with Gasteiger partial charge in [0, 0.05) is 25.6 Å². The number of carbonyl (C=O) groups is 1. The van der Waals surface area contributed by atoms with Gasteiger partial charge < -0.3 is 9.47 Å². The number of sulfonamides is 1. The van der Waals surface area contributed by atoms with Crippen LogP contribution in [-0.4, -0.2) is 45.4 Å². The highest BCUT2D eigenvalue weighted by molar-refractivity contribution is 7.92. The first-order valence-corrected chi connectivity index (χ1v) is 10.1. The molecule has 0 saturated carbocycles. The molecule has 29 heavy (non-hydrogen) atoms. The molecule has 0 aliphatic carbocycles. The molecule has 0 bridgehead atoms. The molecule has 0 aliphatic rings. The Bertz CT molecular complexity index is 1180. The molecule has 0 radical (unpaired) electrons. The molecule has 152 valence electrons. The number of hydrogen-bond acceptors (Lipinski definition) is 6. The summed E-state index contributed by atoms with van der Waals surface area (Å²) in [6, 6.07) is 9.61. The van der Waals surface area contributed by atoms with E-state index in [1.807, 2.05) is 0 Å². The van der Waals surface area contributed by atoms with E-state index in [4.69, 9.17) is 4.74 Å². The minimum Gasteiger partial charge on any atom is -0.497 e. The van der Waals surface area contributed by atoms with Crippen molar-refractivity contribution in [3.63, 3.8) is 0 Å². The van der Waals surface area contributed by atoms with Gasteiger partial charge >= 0.3 is 5.97 Å². The summed E-state index contributed by atoms with van der Waals surface area (Å²) in [7, 11) is 2.24. The Morgan fingerprint density at radius 1 is 1.14 bits per heavy atom. The zero-order valence-electron chi connectivity index (χ0n) is 16.5. The maximum Gasteiger partial charge on any atom is 0.330 e. The standard InChI is InChI=1S/C20H21N3O5S/c1-22-20-17(13-21-22)14(6-12-19(24)28-4)5-11-18(20)23(2)29(25,26)16-9-7-15(27-3)8-10-16/h5-13H,1-4H3/b12-6+. The van der Waals surface area contributed by atoms with Crippen LogP contribution in [0.4, 0.5) is 5.69 Å². The summed E-state index contributed by atoms with van der Waals surface area (Å²) >= 11 is 0. The Hall–Kier alpha value is -3.33. The van der Waals surface area contributed by atoms with Gasteiger partial charge in [-0.3, -0.25) is 8.99 Å². The number of aryl methyl sites for hydroxylation is 1. The Labute approximate surface area is 169 Å². The van der Waals surface area contributed by atoms with E-state index in [0.717, 1.165) is 5.56 Å². The fourth-order valence-electron chi connectivity index (χ4n) is 2.95. The summed E-state index contributed by atoms with van der Waals surface area (Å²) in [5.74, 6) is 0.0905. The van der Waals surface area contributed by atoms with Crippen LogP contribution < -0.4 is 9.04 Å². The second-order valence-corrected chi connectivity index (χ2v) is 8.18. The number of fused-ring (bicyclic) bond motifs is 1. The minimum absolute atomic E-state index is 0.144. The first-order valence-electron chi connectivity index (χ1n) is 8.63. The largest absolute Gasteiger partial charge is 0.497 e. The normalized spacial score (nSPS) is 11.7. The van der Waals surface area contributed by atoms with E-state index in [-0.39, 0.29) is 4.90 Å². The molecular weight excluding hydrogens is 394 g/mol. The molecule has 0 aliphatic heterocycles. The summed E-state index contributed by atoms with van der Waals surface area (Å²) in [5.41, 5.74) is 1.81. The smallest absolute Gasteiger partial charge is 0.330 e. The van der Waals surface area contributed by atoms with E-state index in [1.165, 1.54) is 43.8 Å². The van der Waals surface area contributed by atoms with Crippen molar-refractivity contribution in [1.82, 2.24) is 9.78 Å². The van der Waals surface area contributed by atoms with Crippen LogP contribution in [0.15, 0.2) is 53.6 Å². The number of ether oxygens (including phenoxy) is 2. The molecule has 0 saturated heterocycles. The van der Waals surface area contributed by atoms with Gasteiger partial charge in [-0.05, 0) is 42.0 Å². The van der Waals surface area contributed by atoms with Gasteiger partial charge in [-0.15, -0.1) is 0 Å². The quantitative estimate of drug-likeness (QED) is 0.454. The summed E-state index contributed by atoms with van der Waals surface area (Å²) in [5, 5.41) is 4.96. The highest BCUT2D eigenvalue weighted by Gasteiger charge is 2.24. The zero-order valence-corrected chi connectivity index (χ0v) is 17.3. The number of nitrogens with zero attached hydrogens (tertiary/aromatic N) is 3. The average Bonchev–Trinajstić information content (AvgIpc) is 3.13. The second-order valence-electron chi connectivity index (χ2n) is 6.21. The van der Waals surface area contributed by atoms with Crippen molar-refractivity contribution in [3.05, 3.63) is 54.2 Å². The van der Waals surface area contributed by atoms with Crippen molar-refractivity contribution in [3.8, 4) is 5.75 Å². The van der Waals surface area contributed by atoms with E-state index in [9.17, 15) is 13.2 Å². The first-order chi connectivity index (χ1) is 13.8. The Balaban J connectivity index is 2.08. The molecule has 3 rings (SSSR count). The SMILES string of the molecule is COC(=O)/C=C/c1ccc(N(C)S(=O)(=O)c2ccc(OC)cc2)c2c1cnn2C. The molecule has 8 nitrogen and oxygen atoms in total. The Morgan fingerprint density at radius 3 is 2.45 bits per heavy atom. The van der Waals surface area contributed by atoms with Gasteiger partial charge in [0.15, 0.2) is 0 Å². The molecule has 0 atom stereocenters. The number of rotatable bonds is 6. The molecule has 1 aromatic heterocycles. The number of methoxy groups -OCH3 is 2. The van der Waals surface area contributed by atoms with E-state index in [1.54, 1.807) is 48.3 Å². The lowest BCUT2D eigenvalue weighted by molar-refractivity contribution is -0.134. The highest BCUT2D eigenvalue weighted by Crippen LogP contribution is 2.32. The first kappa shape index (κ1) is 20.4. The number of carbonyl (C=O) groups excluding carboxylic acids is 1. The van der Waals surface area contributed by atoms with Crippen LogP contribution in [-0.2, 0) is 26.6 Å². The van der Waals surface area contributed by atoms with E-state index >= 15 is 0 Å². The number of benzene rings is 2. The molecule has 0 amide bonds. The van der Waals surface area contributed by atoms with Crippen molar-refractivity contribution in [2.45, 2.75) is 4.90 Å². The van der Waals surface area contributed by atoms with Crippen molar-refractivity contribution in [2.75, 3.05) is 25.6 Å². The molecule has 3 aromatic rings. The minimum atomic E-state index is -3.80.